The highest BCUT2D eigenvalue weighted by Gasteiger charge is 2.25. The summed E-state index contributed by atoms with van der Waals surface area (Å²) in [5.74, 6) is 0. The van der Waals surface area contributed by atoms with Crippen LogP contribution in [0.2, 0.25) is 5.15 Å². The Balaban J connectivity index is 1.80. The van der Waals surface area contributed by atoms with Crippen LogP contribution in [-0.2, 0) is 0 Å². The molecule has 104 valence electrons. The predicted molar refractivity (Wildman–Crippen MR) is 90.2 cm³/mol. The molecule has 2 heterocycles. The predicted octanol–water partition coefficient (Wildman–Crippen LogP) is 5.41. The lowest BCUT2D eigenvalue weighted by atomic mass is 10.1. The lowest BCUT2D eigenvalue weighted by Gasteiger charge is -2.14. The zero-order chi connectivity index (χ0) is 14.4. The number of nitrogens with one attached hydrogen (secondary N) is 1. The summed E-state index contributed by atoms with van der Waals surface area (Å²) >= 11 is 8.21. The Hall–Kier alpha value is -1.71. The van der Waals surface area contributed by atoms with Crippen LogP contribution < -0.4 is 5.32 Å². The van der Waals surface area contributed by atoms with Crippen LogP contribution in [0.25, 0.3) is 10.9 Å². The van der Waals surface area contributed by atoms with Gasteiger partial charge in [0, 0.05) is 21.5 Å². The van der Waals surface area contributed by atoms with Crippen LogP contribution in [0, 0.1) is 6.92 Å². The molecule has 4 heteroatoms. The molecule has 1 atom stereocenters. The second-order valence-corrected chi connectivity index (χ2v) is 6.66. The molecule has 0 radical (unpaired) electrons. The van der Waals surface area contributed by atoms with Crippen LogP contribution in [0.5, 0.6) is 0 Å². The number of benzene rings is 2. The fourth-order valence-corrected chi connectivity index (χ4v) is 4.12. The summed E-state index contributed by atoms with van der Waals surface area (Å²) < 4.78 is 0. The fourth-order valence-electron chi connectivity index (χ4n) is 2.65. The molecule has 0 saturated heterocycles. The Labute approximate surface area is 132 Å². The quantitative estimate of drug-likeness (QED) is 0.608. The first kappa shape index (κ1) is 13.0. The minimum absolute atomic E-state index is 0.118. The van der Waals surface area contributed by atoms with Crippen LogP contribution in [-0.4, -0.2) is 4.98 Å². The number of halogens is 1. The third-order valence-corrected chi connectivity index (χ3v) is 5.25. The first-order chi connectivity index (χ1) is 10.2. The third-order valence-electron chi connectivity index (χ3n) is 3.73. The SMILES string of the molecule is Cc1cccc2cc(C3Nc4ccccc4S3)c(Cl)nc12. The highest BCUT2D eigenvalue weighted by atomic mass is 35.5. The molecule has 0 spiro atoms. The van der Waals surface area contributed by atoms with Gasteiger partial charge in [-0.2, -0.15) is 0 Å². The van der Waals surface area contributed by atoms with Crippen LogP contribution in [0.3, 0.4) is 0 Å². The summed E-state index contributed by atoms with van der Waals surface area (Å²) in [6, 6.07) is 16.7. The largest absolute Gasteiger partial charge is 0.368 e. The van der Waals surface area contributed by atoms with Crippen LogP contribution in [0.1, 0.15) is 16.5 Å². The number of anilines is 1. The summed E-state index contributed by atoms with van der Waals surface area (Å²) in [5, 5.41) is 5.34. The van der Waals surface area contributed by atoms with Gasteiger partial charge in [-0.1, -0.05) is 53.7 Å². The number of hydrogen-bond acceptors (Lipinski definition) is 3. The van der Waals surface area contributed by atoms with Gasteiger partial charge in [-0.15, -0.1) is 0 Å². The number of para-hydroxylation sites is 2. The second-order valence-electron chi connectivity index (χ2n) is 5.15. The summed E-state index contributed by atoms with van der Waals surface area (Å²) in [4.78, 5) is 5.85. The lowest BCUT2D eigenvalue weighted by molar-refractivity contribution is 1.11. The zero-order valence-corrected chi connectivity index (χ0v) is 13.0. The van der Waals surface area contributed by atoms with Crippen LogP contribution >= 0.6 is 23.4 Å². The van der Waals surface area contributed by atoms with E-state index in [4.69, 9.17) is 11.6 Å². The molecule has 1 unspecified atom stereocenters. The number of nitrogens with zero attached hydrogens (tertiary/aromatic N) is 1. The molecule has 0 fully saturated rings. The van der Waals surface area contributed by atoms with Gasteiger partial charge in [0.05, 0.1) is 5.52 Å². The standard InChI is InChI=1S/C17H13ClN2S/c1-10-5-4-6-11-9-12(16(18)20-15(10)11)17-19-13-7-2-3-8-14(13)21-17/h2-9,17,19H,1H3. The summed E-state index contributed by atoms with van der Waals surface area (Å²) in [5.41, 5.74) is 4.33. The van der Waals surface area contributed by atoms with Crippen molar-refractivity contribution in [2.75, 3.05) is 5.32 Å². The summed E-state index contributed by atoms with van der Waals surface area (Å²) in [6.07, 6.45) is 0. The van der Waals surface area contributed by atoms with Gasteiger partial charge in [-0.05, 0) is 30.7 Å². The molecule has 1 N–H and O–H groups in total. The van der Waals surface area contributed by atoms with E-state index in [1.807, 2.05) is 6.07 Å². The molecule has 0 bridgehead atoms. The van der Waals surface area contributed by atoms with Gasteiger partial charge in [0.15, 0.2) is 0 Å². The van der Waals surface area contributed by atoms with Gasteiger partial charge >= 0.3 is 0 Å². The monoisotopic (exact) mass is 312 g/mol. The van der Waals surface area contributed by atoms with E-state index in [9.17, 15) is 0 Å². The van der Waals surface area contributed by atoms with Gasteiger partial charge in [-0.25, -0.2) is 4.98 Å². The summed E-state index contributed by atoms with van der Waals surface area (Å²) in [6.45, 7) is 2.06. The van der Waals surface area contributed by atoms with Crippen molar-refractivity contribution in [3.8, 4) is 0 Å². The minimum Gasteiger partial charge on any atom is -0.368 e. The minimum atomic E-state index is 0.118. The van der Waals surface area contributed by atoms with Gasteiger partial charge in [0.1, 0.15) is 10.5 Å². The average Bonchev–Trinajstić information content (AvgIpc) is 2.91. The molecule has 0 amide bonds. The molecular formula is C17H13ClN2S. The Morgan fingerprint density at radius 1 is 1.14 bits per heavy atom. The van der Waals surface area contributed by atoms with Crippen molar-refractivity contribution in [2.45, 2.75) is 17.2 Å². The Bertz CT molecular complexity index is 822. The van der Waals surface area contributed by atoms with Crippen molar-refractivity contribution in [3.63, 3.8) is 0 Å². The van der Waals surface area contributed by atoms with Crippen molar-refractivity contribution in [2.24, 2.45) is 0 Å². The number of aryl methyl sites for hydroxylation is 1. The van der Waals surface area contributed by atoms with Crippen molar-refractivity contribution in [3.05, 3.63) is 64.8 Å². The lowest BCUT2D eigenvalue weighted by Crippen LogP contribution is -2.03. The van der Waals surface area contributed by atoms with Crippen molar-refractivity contribution < 1.29 is 0 Å². The number of rotatable bonds is 1. The zero-order valence-electron chi connectivity index (χ0n) is 11.4. The van der Waals surface area contributed by atoms with Crippen LogP contribution in [0.4, 0.5) is 5.69 Å². The number of thioether (sulfide) groups is 1. The molecule has 1 aliphatic heterocycles. The van der Waals surface area contributed by atoms with Crippen molar-refractivity contribution in [1.82, 2.24) is 4.98 Å². The highest BCUT2D eigenvalue weighted by Crippen LogP contribution is 2.47. The molecule has 3 aromatic rings. The van der Waals surface area contributed by atoms with Crippen LogP contribution in [0.15, 0.2) is 53.4 Å². The van der Waals surface area contributed by atoms with E-state index < -0.39 is 0 Å². The number of aromatic nitrogens is 1. The molecule has 2 nitrogen and oxygen atoms in total. The maximum atomic E-state index is 6.43. The molecule has 1 aromatic heterocycles. The maximum absolute atomic E-state index is 6.43. The van der Waals surface area contributed by atoms with E-state index in [1.165, 1.54) is 4.90 Å². The van der Waals surface area contributed by atoms with Gasteiger partial charge in [-0.3, -0.25) is 0 Å². The maximum Gasteiger partial charge on any atom is 0.135 e. The Morgan fingerprint density at radius 3 is 2.86 bits per heavy atom. The number of pyridine rings is 1. The highest BCUT2D eigenvalue weighted by molar-refractivity contribution is 8.00. The smallest absolute Gasteiger partial charge is 0.135 e. The summed E-state index contributed by atoms with van der Waals surface area (Å²) in [7, 11) is 0. The van der Waals surface area contributed by atoms with Gasteiger partial charge in [0.2, 0.25) is 0 Å². The molecule has 2 aromatic carbocycles. The van der Waals surface area contributed by atoms with E-state index in [2.05, 4.69) is 59.7 Å². The molecule has 0 saturated carbocycles. The van der Waals surface area contributed by atoms with Crippen molar-refractivity contribution in [1.29, 1.82) is 0 Å². The van der Waals surface area contributed by atoms with E-state index in [-0.39, 0.29) is 5.37 Å². The Morgan fingerprint density at radius 2 is 2.00 bits per heavy atom. The average molecular weight is 313 g/mol. The third kappa shape index (κ3) is 2.17. The van der Waals surface area contributed by atoms with E-state index in [0.717, 1.165) is 27.7 Å². The topological polar surface area (TPSA) is 24.9 Å². The second kappa shape index (κ2) is 4.93. The van der Waals surface area contributed by atoms with E-state index in [0.29, 0.717) is 5.15 Å². The number of fused-ring (bicyclic) bond motifs is 2. The normalized spacial score (nSPS) is 16.8. The molecular weight excluding hydrogens is 300 g/mol. The number of hydrogen-bond donors (Lipinski definition) is 1. The first-order valence-electron chi connectivity index (χ1n) is 6.80. The van der Waals surface area contributed by atoms with Gasteiger partial charge in [0.25, 0.3) is 0 Å². The van der Waals surface area contributed by atoms with E-state index >= 15 is 0 Å². The van der Waals surface area contributed by atoms with Gasteiger partial charge < -0.3 is 5.32 Å². The molecule has 0 aliphatic carbocycles. The molecule has 1 aliphatic rings. The van der Waals surface area contributed by atoms with E-state index in [1.54, 1.807) is 11.8 Å². The fraction of sp³-hybridized carbons (Fsp3) is 0.118. The molecule has 21 heavy (non-hydrogen) atoms. The first-order valence-corrected chi connectivity index (χ1v) is 8.06. The van der Waals surface area contributed by atoms with Crippen molar-refractivity contribution >= 4 is 40.0 Å². The Kier molecular flexibility index (Phi) is 3.05. The molecule has 4 rings (SSSR count).